The number of piperidine rings is 1. The highest BCUT2D eigenvalue weighted by Gasteiger charge is 2.67. The van der Waals surface area contributed by atoms with Crippen LogP contribution in [0.1, 0.15) is 35.0 Å². The summed E-state index contributed by atoms with van der Waals surface area (Å²) in [6.07, 6.45) is 8.53. The largest absolute Gasteiger partial charge is 0.493 e. The number of amides is 2. The van der Waals surface area contributed by atoms with E-state index < -0.39 is 5.54 Å². The van der Waals surface area contributed by atoms with Crippen molar-refractivity contribution in [3.63, 3.8) is 0 Å². The number of halogens is 1. The van der Waals surface area contributed by atoms with Crippen LogP contribution < -0.4 is 15.4 Å². The Labute approximate surface area is 237 Å². The molecular weight excluding hydrogens is 526 g/mol. The Kier molecular flexibility index (Phi) is 6.30. The highest BCUT2D eigenvalue weighted by Crippen LogP contribution is 2.64. The van der Waals surface area contributed by atoms with Crippen molar-refractivity contribution in [1.29, 1.82) is 0 Å². The molecule has 8 nitrogen and oxygen atoms in total. The lowest BCUT2D eigenvalue weighted by Gasteiger charge is -2.28. The number of para-hydroxylation sites is 1. The summed E-state index contributed by atoms with van der Waals surface area (Å²) < 4.78 is 5.57. The molecule has 0 bridgehead atoms. The molecule has 9 heteroatoms. The lowest BCUT2D eigenvalue weighted by Crippen LogP contribution is -2.40. The average Bonchev–Trinajstić information content (AvgIpc) is 3.24. The van der Waals surface area contributed by atoms with E-state index in [4.69, 9.17) is 16.3 Å². The Morgan fingerprint density at radius 1 is 1.35 bits per heavy atom. The van der Waals surface area contributed by atoms with Gasteiger partial charge < -0.3 is 25.3 Å². The number of aromatic amines is 1. The maximum Gasteiger partial charge on any atom is 0.255 e. The van der Waals surface area contributed by atoms with Crippen LogP contribution in [0.3, 0.4) is 0 Å². The van der Waals surface area contributed by atoms with Gasteiger partial charge in [-0.2, -0.15) is 0 Å². The molecule has 2 atom stereocenters. The van der Waals surface area contributed by atoms with E-state index in [0.29, 0.717) is 47.2 Å². The van der Waals surface area contributed by atoms with Crippen molar-refractivity contribution in [3.05, 3.63) is 88.9 Å². The summed E-state index contributed by atoms with van der Waals surface area (Å²) in [6.45, 7) is 11.3. The first-order chi connectivity index (χ1) is 19.3. The lowest BCUT2D eigenvalue weighted by molar-refractivity contribution is -0.127. The number of carbonyl (C=O) groups is 2. The number of hydrogen-bond donors (Lipinski definition) is 3. The van der Waals surface area contributed by atoms with Crippen LogP contribution in [0.2, 0.25) is 5.02 Å². The van der Waals surface area contributed by atoms with E-state index in [0.717, 1.165) is 40.1 Å². The zero-order valence-corrected chi connectivity index (χ0v) is 23.2. The predicted octanol–water partition coefficient (Wildman–Crippen LogP) is 5.51. The van der Waals surface area contributed by atoms with Gasteiger partial charge in [0, 0.05) is 54.6 Å². The molecule has 0 unspecified atom stereocenters. The fraction of sp³-hybridized carbons (Fsp3) is 0.258. The van der Waals surface area contributed by atoms with Crippen molar-refractivity contribution < 1.29 is 14.3 Å². The molecule has 1 saturated heterocycles. The molecule has 2 amide bonds. The number of methoxy groups -OCH3 is 1. The summed E-state index contributed by atoms with van der Waals surface area (Å²) in [5, 5.41) is 6.85. The van der Waals surface area contributed by atoms with Crippen LogP contribution in [0.4, 0.5) is 11.4 Å². The van der Waals surface area contributed by atoms with Crippen LogP contribution >= 0.6 is 11.6 Å². The summed E-state index contributed by atoms with van der Waals surface area (Å²) in [5.41, 5.74) is 6.70. The highest BCUT2D eigenvalue weighted by molar-refractivity contribution is 6.32. The topological polar surface area (TPSA) is 99.3 Å². The van der Waals surface area contributed by atoms with Gasteiger partial charge in [0.1, 0.15) is 0 Å². The number of H-pyrrole nitrogens is 1. The number of anilines is 2. The molecule has 4 heterocycles. The first kappa shape index (κ1) is 26.0. The minimum atomic E-state index is -0.498. The molecular formula is C31H30ClN5O3. The molecule has 2 aliphatic heterocycles. The minimum absolute atomic E-state index is 0.0923. The smallest absolute Gasteiger partial charge is 0.255 e. The van der Waals surface area contributed by atoms with Gasteiger partial charge >= 0.3 is 0 Å². The molecule has 204 valence electrons. The van der Waals surface area contributed by atoms with Crippen molar-refractivity contribution in [2.45, 2.75) is 25.3 Å². The fourth-order valence-corrected chi connectivity index (χ4v) is 6.76. The van der Waals surface area contributed by atoms with E-state index in [-0.39, 0.29) is 17.7 Å². The molecule has 1 aliphatic carbocycles. The van der Waals surface area contributed by atoms with Gasteiger partial charge in [-0.25, -0.2) is 0 Å². The third-order valence-corrected chi connectivity index (χ3v) is 8.63. The van der Waals surface area contributed by atoms with Gasteiger partial charge in [-0.05, 0) is 48.8 Å². The second-order valence-electron chi connectivity index (χ2n) is 10.3. The summed E-state index contributed by atoms with van der Waals surface area (Å²) in [4.78, 5) is 35.7. The monoisotopic (exact) mass is 555 g/mol. The van der Waals surface area contributed by atoms with Gasteiger partial charge in [0.15, 0.2) is 5.75 Å². The van der Waals surface area contributed by atoms with Gasteiger partial charge in [0.25, 0.3) is 5.91 Å². The third kappa shape index (κ3) is 3.78. The van der Waals surface area contributed by atoms with Gasteiger partial charge in [-0.15, -0.1) is 0 Å². The number of likely N-dealkylation sites (tertiary alicyclic amines) is 1. The van der Waals surface area contributed by atoms with E-state index in [1.165, 1.54) is 6.08 Å². The number of carbonyl (C=O) groups excluding carboxylic acids is 2. The number of rotatable bonds is 7. The molecule has 2 aromatic heterocycles. The van der Waals surface area contributed by atoms with Crippen LogP contribution in [0.15, 0.2) is 67.0 Å². The number of benzene rings is 1. The van der Waals surface area contributed by atoms with Crippen LogP contribution in [-0.4, -0.2) is 52.4 Å². The molecule has 3 aromatic rings. The molecule has 0 spiro atoms. The molecule has 3 aliphatic rings. The van der Waals surface area contributed by atoms with E-state index in [1.807, 2.05) is 30.0 Å². The first-order valence-electron chi connectivity index (χ1n) is 13.2. The van der Waals surface area contributed by atoms with Crippen LogP contribution in [0, 0.1) is 5.92 Å². The standard InChI is InChI=1S/C31H30ClN5O3/c1-5-25(38)37-14-11-21-18(3)31(21,37)17(2)15-19-16-33-12-9-20(19)27-28(26-23(35-27)10-13-34-30(26)39)36-24-8-6-7-22(32)29(24)40-4/h5-9,12,15-16,21,35-36H,1,3,10-11,13-14H2,2,4H3,(H,34,39)/b17-15+/t21-,31+/m0/s1. The fourth-order valence-electron chi connectivity index (χ4n) is 6.51. The normalized spacial score (nSPS) is 21.4. The Morgan fingerprint density at radius 3 is 2.92 bits per heavy atom. The maximum absolute atomic E-state index is 13.1. The summed E-state index contributed by atoms with van der Waals surface area (Å²) in [7, 11) is 1.56. The number of ether oxygens (including phenoxy) is 1. The van der Waals surface area contributed by atoms with E-state index in [9.17, 15) is 9.59 Å². The number of fused-ring (bicyclic) bond motifs is 2. The highest BCUT2D eigenvalue weighted by atomic mass is 35.5. The number of nitrogens with one attached hydrogen (secondary N) is 3. The van der Waals surface area contributed by atoms with Crippen molar-refractivity contribution in [3.8, 4) is 17.0 Å². The van der Waals surface area contributed by atoms with Crippen molar-refractivity contribution >= 4 is 40.9 Å². The summed E-state index contributed by atoms with van der Waals surface area (Å²) in [6, 6.07) is 7.36. The molecule has 6 rings (SSSR count). The van der Waals surface area contributed by atoms with Crippen molar-refractivity contribution in [2.24, 2.45) is 5.92 Å². The minimum Gasteiger partial charge on any atom is -0.493 e. The lowest BCUT2D eigenvalue weighted by atomic mass is 9.97. The Bertz CT molecular complexity index is 1620. The van der Waals surface area contributed by atoms with Crippen molar-refractivity contribution in [2.75, 3.05) is 25.5 Å². The molecule has 1 aromatic carbocycles. The average molecular weight is 556 g/mol. The third-order valence-electron chi connectivity index (χ3n) is 8.33. The van der Waals surface area contributed by atoms with Gasteiger partial charge in [0.05, 0.1) is 40.3 Å². The molecule has 40 heavy (non-hydrogen) atoms. The molecule has 0 radical (unpaired) electrons. The quantitative estimate of drug-likeness (QED) is 0.263. The SMILES string of the molecule is C=CC(=O)N1CC[C@H]2C(=C)[C@]21/C(C)=C/c1cnccc1-c1[nH]c2c(c1Nc1cccc(Cl)c1OC)C(=O)NCC2. The maximum atomic E-state index is 13.1. The number of aromatic nitrogens is 2. The van der Waals surface area contributed by atoms with E-state index >= 15 is 0 Å². The zero-order chi connectivity index (χ0) is 28.2. The van der Waals surface area contributed by atoms with E-state index in [1.54, 1.807) is 25.6 Å². The Balaban J connectivity index is 1.49. The van der Waals surface area contributed by atoms with Crippen molar-refractivity contribution in [1.82, 2.24) is 20.2 Å². The Hall–Kier alpha value is -4.30. The van der Waals surface area contributed by atoms with Crippen LogP contribution in [-0.2, 0) is 11.2 Å². The zero-order valence-electron chi connectivity index (χ0n) is 22.4. The van der Waals surface area contributed by atoms with Gasteiger partial charge in [-0.3, -0.25) is 14.6 Å². The molecule has 3 N–H and O–H groups in total. The number of nitrogens with zero attached hydrogens (tertiary/aromatic N) is 2. The molecule has 1 saturated carbocycles. The molecule has 2 fully saturated rings. The second-order valence-corrected chi connectivity index (χ2v) is 10.7. The van der Waals surface area contributed by atoms with E-state index in [2.05, 4.69) is 39.8 Å². The number of pyridine rings is 1. The van der Waals surface area contributed by atoms with Crippen LogP contribution in [0.5, 0.6) is 5.75 Å². The summed E-state index contributed by atoms with van der Waals surface area (Å²) in [5.74, 6) is 0.472. The first-order valence-corrected chi connectivity index (χ1v) is 13.6. The number of hydrogen-bond acceptors (Lipinski definition) is 5. The van der Waals surface area contributed by atoms with Crippen LogP contribution in [0.25, 0.3) is 17.3 Å². The summed E-state index contributed by atoms with van der Waals surface area (Å²) >= 11 is 6.41. The second kappa shape index (κ2) is 9.71. The predicted molar refractivity (Wildman–Crippen MR) is 157 cm³/mol. The van der Waals surface area contributed by atoms with Gasteiger partial charge in [-0.1, -0.05) is 36.9 Å². The van der Waals surface area contributed by atoms with Gasteiger partial charge in [0.2, 0.25) is 5.91 Å². The Morgan fingerprint density at radius 2 is 2.17 bits per heavy atom.